The lowest BCUT2D eigenvalue weighted by molar-refractivity contribution is -0.121. The number of carbonyl (C=O) groups excluding carboxylic acids is 2. The first-order valence-electron chi connectivity index (χ1n) is 13.2. The average molecular weight is 525 g/mol. The molecule has 0 spiro atoms. The van der Waals surface area contributed by atoms with Crippen LogP contribution in [-0.4, -0.2) is 28.8 Å². The fourth-order valence-corrected chi connectivity index (χ4v) is 5.82. The van der Waals surface area contributed by atoms with Crippen molar-refractivity contribution in [3.8, 4) is 5.75 Å². The summed E-state index contributed by atoms with van der Waals surface area (Å²) in [4.78, 5) is 31.0. The highest BCUT2D eigenvalue weighted by Gasteiger charge is 2.30. The Bertz CT molecular complexity index is 1350. The monoisotopic (exact) mass is 524 g/mol. The van der Waals surface area contributed by atoms with Crippen LogP contribution < -0.4 is 4.74 Å². The molecular formula is C32H32N2O3S. The van der Waals surface area contributed by atoms with Gasteiger partial charge in [-0.2, -0.15) is 0 Å². The van der Waals surface area contributed by atoms with E-state index in [1.54, 1.807) is 36.2 Å². The number of amides is 1. The number of hydrogen-bond donors (Lipinski definition) is 0. The summed E-state index contributed by atoms with van der Waals surface area (Å²) >= 11 is 1.34. The molecule has 1 aliphatic heterocycles. The Morgan fingerprint density at radius 3 is 2.32 bits per heavy atom. The fourth-order valence-electron chi connectivity index (χ4n) is 4.83. The maximum atomic E-state index is 12.8. The van der Waals surface area contributed by atoms with Gasteiger partial charge in [0.25, 0.3) is 5.91 Å². The second-order valence-electron chi connectivity index (χ2n) is 9.91. The van der Waals surface area contributed by atoms with E-state index >= 15 is 0 Å². The van der Waals surface area contributed by atoms with Gasteiger partial charge >= 0.3 is 0 Å². The minimum absolute atomic E-state index is 0.0110. The first-order chi connectivity index (χ1) is 18.5. The summed E-state index contributed by atoms with van der Waals surface area (Å²) in [5.41, 5.74) is 4.87. The molecule has 0 radical (unpaired) electrons. The second-order valence-corrected chi connectivity index (χ2v) is 10.9. The molecule has 1 aliphatic carbocycles. The van der Waals surface area contributed by atoms with Crippen LogP contribution in [0, 0.1) is 0 Å². The summed E-state index contributed by atoms with van der Waals surface area (Å²) in [7, 11) is 1.72. The molecule has 1 amide bonds. The molecule has 5 nitrogen and oxygen atoms in total. The van der Waals surface area contributed by atoms with Crippen LogP contribution in [0.2, 0.25) is 0 Å². The highest BCUT2D eigenvalue weighted by molar-refractivity contribution is 8.18. The molecule has 3 aromatic carbocycles. The summed E-state index contributed by atoms with van der Waals surface area (Å²) in [6, 6.07) is 23.7. The molecule has 3 aromatic rings. The van der Waals surface area contributed by atoms with Crippen molar-refractivity contribution in [2.75, 3.05) is 7.05 Å². The number of aliphatic imine (C=N–C) groups is 1. The van der Waals surface area contributed by atoms with Gasteiger partial charge in [-0.25, -0.2) is 4.99 Å². The smallest absolute Gasteiger partial charge is 0.266 e. The van der Waals surface area contributed by atoms with Gasteiger partial charge in [0.1, 0.15) is 12.4 Å². The van der Waals surface area contributed by atoms with Crippen molar-refractivity contribution in [1.82, 2.24) is 4.90 Å². The maximum Gasteiger partial charge on any atom is 0.266 e. The molecule has 5 rings (SSSR count). The molecule has 38 heavy (non-hydrogen) atoms. The van der Waals surface area contributed by atoms with Crippen LogP contribution >= 0.6 is 11.8 Å². The molecular weight excluding hydrogens is 492 g/mol. The zero-order valence-electron chi connectivity index (χ0n) is 21.9. The third kappa shape index (κ3) is 6.25. The number of ketones is 1. The van der Waals surface area contributed by atoms with Gasteiger partial charge in [-0.3, -0.25) is 14.5 Å². The molecule has 1 heterocycles. The number of hydrogen-bond acceptors (Lipinski definition) is 5. The molecule has 1 saturated heterocycles. The van der Waals surface area contributed by atoms with E-state index < -0.39 is 0 Å². The number of thioether (sulfide) groups is 1. The largest absolute Gasteiger partial charge is 0.489 e. The van der Waals surface area contributed by atoms with E-state index in [1.807, 2.05) is 30.3 Å². The van der Waals surface area contributed by atoms with Gasteiger partial charge in [0, 0.05) is 12.6 Å². The van der Waals surface area contributed by atoms with E-state index in [-0.39, 0.29) is 11.7 Å². The van der Waals surface area contributed by atoms with E-state index in [0.29, 0.717) is 33.8 Å². The predicted octanol–water partition coefficient (Wildman–Crippen LogP) is 7.75. The number of Topliss-reactive ketones (excluding diaryl/α,β-unsaturated/α-hetero) is 1. The number of benzene rings is 3. The summed E-state index contributed by atoms with van der Waals surface area (Å²) in [5, 5.41) is 0.603. The first kappa shape index (κ1) is 26.0. The molecule has 2 aliphatic rings. The molecule has 0 bridgehead atoms. The normalized spacial score (nSPS) is 18.4. The van der Waals surface area contributed by atoms with E-state index in [4.69, 9.17) is 4.74 Å². The maximum absolute atomic E-state index is 12.8. The van der Waals surface area contributed by atoms with E-state index in [1.165, 1.54) is 56.4 Å². The van der Waals surface area contributed by atoms with Crippen LogP contribution in [0.5, 0.6) is 5.75 Å². The topological polar surface area (TPSA) is 59.0 Å². The molecule has 194 valence electrons. The number of likely N-dealkylation sites (N-methyl/N-ethyl adjacent to an activating group) is 1. The van der Waals surface area contributed by atoms with Crippen molar-refractivity contribution >= 4 is 40.4 Å². The molecule has 0 unspecified atom stereocenters. The first-order valence-corrected chi connectivity index (χ1v) is 14.0. The zero-order chi connectivity index (χ0) is 26.5. The SMILES string of the molecule is CC(=O)c1ccc(N=C2S/C(=C\c3ccc(OCc4ccc(C5CCCCC5)cc4)cc3)C(=O)N2C)cc1. The van der Waals surface area contributed by atoms with Gasteiger partial charge in [-0.15, -0.1) is 0 Å². The van der Waals surface area contributed by atoms with Crippen molar-refractivity contribution in [3.63, 3.8) is 0 Å². The minimum atomic E-state index is -0.0916. The van der Waals surface area contributed by atoms with Crippen LogP contribution in [0.1, 0.15) is 72.0 Å². The van der Waals surface area contributed by atoms with Crippen LogP contribution in [0.25, 0.3) is 6.08 Å². The van der Waals surface area contributed by atoms with Gasteiger partial charge in [-0.05, 0) is 96.6 Å². The van der Waals surface area contributed by atoms with Gasteiger partial charge in [0.05, 0.1) is 10.6 Å². The lowest BCUT2D eigenvalue weighted by Gasteiger charge is -2.22. The number of ether oxygens (including phenoxy) is 1. The van der Waals surface area contributed by atoms with Crippen molar-refractivity contribution in [1.29, 1.82) is 0 Å². The summed E-state index contributed by atoms with van der Waals surface area (Å²) in [6.45, 7) is 2.06. The van der Waals surface area contributed by atoms with Gasteiger partial charge in [-0.1, -0.05) is 55.7 Å². The third-order valence-corrected chi connectivity index (χ3v) is 8.20. The Kier molecular flexibility index (Phi) is 8.08. The Balaban J connectivity index is 1.19. The van der Waals surface area contributed by atoms with Crippen LogP contribution in [0.4, 0.5) is 5.69 Å². The van der Waals surface area contributed by atoms with Crippen LogP contribution in [0.3, 0.4) is 0 Å². The molecule has 2 fully saturated rings. The standard InChI is InChI=1S/C32H32N2O3S/c1-22(35)25-14-16-28(17-15-25)33-32-34(2)31(36)30(38-32)20-23-10-18-29(19-11-23)37-21-24-8-12-27(13-9-24)26-6-4-3-5-7-26/h8-20,26H,3-7,21H2,1-2H3/b30-20-,33-32?. The van der Waals surface area contributed by atoms with Gasteiger partial charge in [0.2, 0.25) is 0 Å². The molecule has 0 aromatic heterocycles. The second kappa shape index (κ2) is 11.8. The molecule has 1 saturated carbocycles. The zero-order valence-corrected chi connectivity index (χ0v) is 22.7. The number of carbonyl (C=O) groups is 2. The van der Waals surface area contributed by atoms with Crippen molar-refractivity contribution in [3.05, 3.63) is 100.0 Å². The van der Waals surface area contributed by atoms with Gasteiger partial charge < -0.3 is 4.74 Å². The lowest BCUT2D eigenvalue weighted by atomic mass is 9.84. The third-order valence-electron chi connectivity index (χ3n) is 7.14. The number of rotatable bonds is 7. The highest BCUT2D eigenvalue weighted by Crippen LogP contribution is 2.34. The molecule has 0 atom stereocenters. The van der Waals surface area contributed by atoms with E-state index in [2.05, 4.69) is 29.3 Å². The van der Waals surface area contributed by atoms with Crippen molar-refractivity contribution in [2.45, 2.75) is 51.6 Å². The van der Waals surface area contributed by atoms with Crippen LogP contribution in [-0.2, 0) is 11.4 Å². The Morgan fingerprint density at radius 2 is 1.66 bits per heavy atom. The number of nitrogens with zero attached hydrogens (tertiary/aromatic N) is 2. The summed E-state index contributed by atoms with van der Waals surface area (Å²) in [5.74, 6) is 1.43. The molecule has 6 heteroatoms. The minimum Gasteiger partial charge on any atom is -0.489 e. The summed E-state index contributed by atoms with van der Waals surface area (Å²) in [6.07, 6.45) is 8.55. The quantitative estimate of drug-likeness (QED) is 0.234. The Morgan fingerprint density at radius 1 is 0.974 bits per heavy atom. The lowest BCUT2D eigenvalue weighted by Crippen LogP contribution is -2.23. The number of amidine groups is 1. The van der Waals surface area contributed by atoms with Crippen molar-refractivity contribution in [2.24, 2.45) is 4.99 Å². The predicted molar refractivity (Wildman–Crippen MR) is 155 cm³/mol. The average Bonchev–Trinajstić information content (AvgIpc) is 3.21. The van der Waals surface area contributed by atoms with Crippen molar-refractivity contribution < 1.29 is 14.3 Å². The van der Waals surface area contributed by atoms with E-state index in [9.17, 15) is 9.59 Å². The fraction of sp³-hybridized carbons (Fsp3) is 0.281. The summed E-state index contributed by atoms with van der Waals surface area (Å²) < 4.78 is 6.01. The molecule has 0 N–H and O–H groups in total. The Hall–Kier alpha value is -3.64. The van der Waals surface area contributed by atoms with Crippen LogP contribution in [0.15, 0.2) is 82.7 Å². The van der Waals surface area contributed by atoms with Gasteiger partial charge in [0.15, 0.2) is 11.0 Å². The Labute approximate surface area is 228 Å². The highest BCUT2D eigenvalue weighted by atomic mass is 32.2. The van der Waals surface area contributed by atoms with E-state index in [0.717, 1.165) is 16.9 Å².